The van der Waals surface area contributed by atoms with E-state index in [9.17, 15) is 0 Å². The maximum atomic E-state index is 7.31. The molecule has 38 heavy (non-hydrogen) atoms. The normalized spacial score (nSPS) is 14.7. The molecule has 0 saturated heterocycles. The molecule has 2 aliphatic carbocycles. The molecule has 3 aromatic carbocycles. The van der Waals surface area contributed by atoms with Gasteiger partial charge in [-0.15, -0.1) is 0 Å². The Morgan fingerprint density at radius 3 is 1.26 bits per heavy atom. The molecule has 0 heterocycles. The first-order valence-electron chi connectivity index (χ1n) is 12.8. The second kappa shape index (κ2) is 15.2. The minimum Gasteiger partial charge on any atom is -1.00 e. The SMILES string of the molecule is CCC(CCO[Si](c1ccccc1)(c1ccccc1)c1ccccc1)(C1C=CC=C1)C1C=CC=C1.[Cl-].[Cl-].[Zr+2]. The molecular formula is C33H34Cl2OSiZr. The van der Waals surface area contributed by atoms with Gasteiger partial charge in [-0.3, -0.25) is 0 Å². The van der Waals surface area contributed by atoms with E-state index in [4.69, 9.17) is 4.43 Å². The quantitative estimate of drug-likeness (QED) is 0.224. The maximum Gasteiger partial charge on any atom is 2.00 e. The van der Waals surface area contributed by atoms with E-state index in [2.05, 4.69) is 147 Å². The van der Waals surface area contributed by atoms with Gasteiger partial charge in [0.05, 0.1) is 0 Å². The van der Waals surface area contributed by atoms with E-state index in [1.807, 2.05) is 0 Å². The van der Waals surface area contributed by atoms with Gasteiger partial charge in [-0.1, -0.05) is 147 Å². The van der Waals surface area contributed by atoms with Crippen molar-refractivity contribution < 1.29 is 55.4 Å². The van der Waals surface area contributed by atoms with Gasteiger partial charge in [0.25, 0.3) is 8.32 Å². The molecule has 194 valence electrons. The van der Waals surface area contributed by atoms with E-state index in [1.165, 1.54) is 15.6 Å². The Balaban J connectivity index is 0.00000169. The van der Waals surface area contributed by atoms with Crippen molar-refractivity contribution in [2.24, 2.45) is 17.3 Å². The summed E-state index contributed by atoms with van der Waals surface area (Å²) < 4.78 is 7.31. The van der Waals surface area contributed by atoms with Crippen molar-refractivity contribution in [2.75, 3.05) is 6.61 Å². The van der Waals surface area contributed by atoms with Crippen molar-refractivity contribution in [3.8, 4) is 0 Å². The molecule has 0 atom stereocenters. The molecule has 0 bridgehead atoms. The molecule has 2 aliphatic rings. The van der Waals surface area contributed by atoms with Crippen LogP contribution >= 0.6 is 0 Å². The first-order valence-corrected chi connectivity index (χ1v) is 14.7. The predicted octanol–water partition coefficient (Wildman–Crippen LogP) is -0.0535. The van der Waals surface area contributed by atoms with Crippen molar-refractivity contribution >= 4 is 23.9 Å². The average molecular weight is 637 g/mol. The van der Waals surface area contributed by atoms with Crippen molar-refractivity contribution in [3.63, 3.8) is 0 Å². The summed E-state index contributed by atoms with van der Waals surface area (Å²) in [6.45, 7) is 3.06. The van der Waals surface area contributed by atoms with Crippen LogP contribution in [-0.4, -0.2) is 14.9 Å². The molecule has 0 aliphatic heterocycles. The molecule has 0 amide bonds. The largest absolute Gasteiger partial charge is 2.00 e. The Bertz CT molecular complexity index is 1080. The third-order valence-electron chi connectivity index (χ3n) is 7.91. The predicted molar refractivity (Wildman–Crippen MR) is 151 cm³/mol. The van der Waals surface area contributed by atoms with E-state index in [-0.39, 0.29) is 56.4 Å². The third kappa shape index (κ3) is 6.35. The van der Waals surface area contributed by atoms with Crippen LogP contribution in [0, 0.1) is 17.3 Å². The van der Waals surface area contributed by atoms with E-state index >= 15 is 0 Å². The minimum absolute atomic E-state index is 0. The monoisotopic (exact) mass is 634 g/mol. The van der Waals surface area contributed by atoms with Gasteiger partial charge in [-0.25, -0.2) is 0 Å². The van der Waals surface area contributed by atoms with Gasteiger partial charge in [0, 0.05) is 18.4 Å². The zero-order chi connectivity index (χ0) is 24.0. The fraction of sp³-hybridized carbons (Fsp3) is 0.212. The summed E-state index contributed by atoms with van der Waals surface area (Å²) in [6, 6.07) is 32.7. The van der Waals surface area contributed by atoms with E-state index in [1.54, 1.807) is 0 Å². The van der Waals surface area contributed by atoms with Gasteiger partial charge < -0.3 is 29.2 Å². The van der Waals surface area contributed by atoms with Crippen molar-refractivity contribution in [1.29, 1.82) is 0 Å². The zero-order valence-electron chi connectivity index (χ0n) is 21.7. The second-order valence-electron chi connectivity index (χ2n) is 9.56. The average Bonchev–Trinajstić information content (AvgIpc) is 3.67. The van der Waals surface area contributed by atoms with Crippen LogP contribution in [0.2, 0.25) is 0 Å². The van der Waals surface area contributed by atoms with Crippen LogP contribution in [0.4, 0.5) is 0 Å². The summed E-state index contributed by atoms with van der Waals surface area (Å²) in [4.78, 5) is 0. The molecule has 0 radical (unpaired) electrons. The molecule has 3 aromatic rings. The Morgan fingerprint density at radius 2 is 0.947 bits per heavy atom. The Labute approximate surface area is 260 Å². The molecule has 0 spiro atoms. The summed E-state index contributed by atoms with van der Waals surface area (Å²) in [5.74, 6) is 0.851. The number of halogens is 2. The Kier molecular flexibility index (Phi) is 12.9. The number of benzene rings is 3. The van der Waals surface area contributed by atoms with Crippen molar-refractivity contribution in [1.82, 2.24) is 0 Å². The van der Waals surface area contributed by atoms with Crippen molar-refractivity contribution in [3.05, 3.63) is 140 Å². The molecule has 0 N–H and O–H groups in total. The fourth-order valence-corrected chi connectivity index (χ4v) is 9.89. The molecule has 5 heteroatoms. The molecule has 0 fully saturated rings. The number of hydrogen-bond donors (Lipinski definition) is 0. The van der Waals surface area contributed by atoms with Crippen LogP contribution < -0.4 is 40.4 Å². The Hall–Kier alpha value is -1.74. The molecule has 5 rings (SSSR count). The Morgan fingerprint density at radius 1 is 0.605 bits per heavy atom. The first-order chi connectivity index (χ1) is 17.3. The molecule has 0 unspecified atom stereocenters. The van der Waals surface area contributed by atoms with Crippen LogP contribution in [0.25, 0.3) is 0 Å². The summed E-state index contributed by atoms with van der Waals surface area (Å²) in [5.41, 5.74) is 0.108. The molecule has 0 aromatic heterocycles. The smallest absolute Gasteiger partial charge is 1.00 e. The fourth-order valence-electron chi connectivity index (χ4n) is 6.00. The standard InChI is InChI=1S/C33H34OSi.2ClH.Zr/c1-2-33(28-16-12-13-17-28,29-18-14-15-19-29)26-27-34-35(30-20-6-3-7-21-30,31-22-8-4-9-23-31)32-24-10-5-11-25-32;;;/h3-25,28-29H,2,26-27H2,1H3;2*1H;/q;;;+2/p-2. The molecule has 1 nitrogen and oxygen atoms in total. The van der Waals surface area contributed by atoms with Gasteiger partial charge in [0.1, 0.15) is 0 Å². The minimum atomic E-state index is -2.69. The zero-order valence-corrected chi connectivity index (χ0v) is 26.7. The van der Waals surface area contributed by atoms with Crippen molar-refractivity contribution in [2.45, 2.75) is 19.8 Å². The van der Waals surface area contributed by atoms with Gasteiger partial charge in [0.2, 0.25) is 0 Å². The third-order valence-corrected chi connectivity index (χ3v) is 12.0. The second-order valence-corrected chi connectivity index (χ2v) is 12.9. The van der Waals surface area contributed by atoms with Gasteiger partial charge in [-0.2, -0.15) is 0 Å². The van der Waals surface area contributed by atoms with Gasteiger partial charge >= 0.3 is 26.2 Å². The topological polar surface area (TPSA) is 9.23 Å². The number of rotatable bonds is 10. The first kappa shape index (κ1) is 32.5. The molecular weight excluding hydrogens is 603 g/mol. The van der Waals surface area contributed by atoms with Crippen LogP contribution in [0.5, 0.6) is 0 Å². The van der Waals surface area contributed by atoms with E-state index < -0.39 is 8.32 Å². The summed E-state index contributed by atoms with van der Waals surface area (Å²) in [6.07, 6.45) is 20.4. The number of allylic oxidation sites excluding steroid dienone is 8. The number of hydrogen-bond acceptors (Lipinski definition) is 1. The summed E-state index contributed by atoms with van der Waals surface area (Å²) in [5, 5.41) is 3.88. The maximum absolute atomic E-state index is 7.31. The summed E-state index contributed by atoms with van der Waals surface area (Å²) >= 11 is 0. The summed E-state index contributed by atoms with van der Waals surface area (Å²) in [7, 11) is -2.69. The van der Waals surface area contributed by atoms with Crippen LogP contribution in [0.3, 0.4) is 0 Å². The van der Waals surface area contributed by atoms with Gasteiger partial charge in [-0.05, 0) is 33.8 Å². The molecule has 0 saturated carbocycles. The van der Waals surface area contributed by atoms with Crippen LogP contribution in [0.1, 0.15) is 19.8 Å². The van der Waals surface area contributed by atoms with Crippen LogP contribution in [-0.2, 0) is 30.6 Å². The van der Waals surface area contributed by atoms with E-state index in [0.717, 1.165) is 19.4 Å². The van der Waals surface area contributed by atoms with E-state index in [0.29, 0.717) is 11.8 Å². The van der Waals surface area contributed by atoms with Crippen LogP contribution in [0.15, 0.2) is 140 Å². The van der Waals surface area contributed by atoms with Gasteiger partial charge in [0.15, 0.2) is 0 Å².